The van der Waals surface area contributed by atoms with Gasteiger partial charge in [-0.25, -0.2) is 8.42 Å². The Balaban J connectivity index is 2.10. The molecule has 7 nitrogen and oxygen atoms in total. The van der Waals surface area contributed by atoms with E-state index >= 15 is 0 Å². The molecule has 0 aliphatic carbocycles. The van der Waals surface area contributed by atoms with E-state index in [4.69, 9.17) is 0 Å². The SMILES string of the molecule is CC[C@@H](C)N(C(=O)C[NH+](C)Cc1c(C)nn([C@@H]2CCS(=O)(=O)C2)c1C)[C@H](C)CC. The van der Waals surface area contributed by atoms with Crippen LogP contribution in [0.1, 0.15) is 70.0 Å². The summed E-state index contributed by atoms with van der Waals surface area (Å²) in [7, 11) is -0.909. The summed E-state index contributed by atoms with van der Waals surface area (Å²) in [6.07, 6.45) is 2.53. The van der Waals surface area contributed by atoms with Gasteiger partial charge in [-0.05, 0) is 47.0 Å². The summed E-state index contributed by atoms with van der Waals surface area (Å²) in [5, 5.41) is 4.65. The largest absolute Gasteiger partial charge is 0.332 e. The standard InChI is InChI=1S/C21H38N4O3S/c1-8-15(3)24(16(4)9-2)21(26)13-23(7)12-20-17(5)22-25(18(20)6)19-10-11-29(27,28)14-19/h15-16,19H,8-14H2,1-7H3/p+1/t15-,16-,19-/m1/s1. The van der Waals surface area contributed by atoms with Gasteiger partial charge in [-0.2, -0.15) is 5.10 Å². The van der Waals surface area contributed by atoms with Crippen LogP contribution < -0.4 is 4.90 Å². The van der Waals surface area contributed by atoms with Crippen LogP contribution in [0.2, 0.25) is 0 Å². The van der Waals surface area contributed by atoms with Gasteiger partial charge < -0.3 is 9.80 Å². The van der Waals surface area contributed by atoms with E-state index in [1.54, 1.807) is 0 Å². The number of nitrogens with one attached hydrogen (secondary N) is 1. The molecule has 1 aromatic heterocycles. The second-order valence-corrected chi connectivity index (χ2v) is 11.0. The molecule has 0 spiro atoms. The number of carbonyl (C=O) groups excluding carboxylic acids is 1. The van der Waals surface area contributed by atoms with E-state index < -0.39 is 9.84 Å². The zero-order valence-corrected chi connectivity index (χ0v) is 20.0. The number of nitrogens with zero attached hydrogens (tertiary/aromatic N) is 3. The van der Waals surface area contributed by atoms with E-state index in [2.05, 4.69) is 32.8 Å². The third-order valence-electron chi connectivity index (χ3n) is 6.38. The average Bonchev–Trinajstić information content (AvgIpc) is 3.14. The molecule has 1 aliphatic heterocycles. The fourth-order valence-corrected chi connectivity index (χ4v) is 6.00. The molecule has 1 aliphatic rings. The summed E-state index contributed by atoms with van der Waals surface area (Å²) >= 11 is 0. The number of amides is 1. The third kappa shape index (κ3) is 5.60. The van der Waals surface area contributed by atoms with Gasteiger partial charge in [0.05, 0.1) is 35.9 Å². The molecule has 1 fully saturated rings. The number of hydrogen-bond acceptors (Lipinski definition) is 4. The van der Waals surface area contributed by atoms with Crippen molar-refractivity contribution in [3.8, 4) is 0 Å². The summed E-state index contributed by atoms with van der Waals surface area (Å²) < 4.78 is 25.6. The van der Waals surface area contributed by atoms with Crippen molar-refractivity contribution in [3.05, 3.63) is 17.0 Å². The predicted octanol–water partition coefficient (Wildman–Crippen LogP) is 1.30. The number of sulfone groups is 1. The highest BCUT2D eigenvalue weighted by Crippen LogP contribution is 2.26. The van der Waals surface area contributed by atoms with E-state index in [-0.39, 0.29) is 35.5 Å². The quantitative estimate of drug-likeness (QED) is 0.644. The molecule has 29 heavy (non-hydrogen) atoms. The maximum atomic E-state index is 13.0. The lowest BCUT2D eigenvalue weighted by molar-refractivity contribution is -0.885. The molecule has 166 valence electrons. The number of aromatic nitrogens is 2. The highest BCUT2D eigenvalue weighted by molar-refractivity contribution is 7.91. The smallest absolute Gasteiger partial charge is 0.278 e. The maximum absolute atomic E-state index is 13.0. The van der Waals surface area contributed by atoms with Gasteiger partial charge in [0.25, 0.3) is 5.91 Å². The number of hydrogen-bond donors (Lipinski definition) is 1. The molecule has 0 aromatic carbocycles. The first-order chi connectivity index (χ1) is 13.5. The summed E-state index contributed by atoms with van der Waals surface area (Å²) in [6.45, 7) is 13.6. The zero-order chi connectivity index (χ0) is 21.9. The van der Waals surface area contributed by atoms with Crippen LogP contribution in [0.4, 0.5) is 0 Å². The zero-order valence-electron chi connectivity index (χ0n) is 19.2. The molecule has 1 N–H and O–H groups in total. The van der Waals surface area contributed by atoms with Gasteiger partial charge in [-0.15, -0.1) is 0 Å². The minimum Gasteiger partial charge on any atom is -0.332 e. The van der Waals surface area contributed by atoms with Gasteiger partial charge >= 0.3 is 0 Å². The minimum atomic E-state index is -2.95. The second kappa shape index (κ2) is 9.60. The van der Waals surface area contributed by atoms with Crippen molar-refractivity contribution in [2.24, 2.45) is 0 Å². The minimum absolute atomic E-state index is 0.0688. The summed E-state index contributed by atoms with van der Waals surface area (Å²) in [6, 6.07) is 0.405. The van der Waals surface area contributed by atoms with Gasteiger partial charge in [0.2, 0.25) is 0 Å². The molecule has 0 bridgehead atoms. The molecule has 8 heteroatoms. The number of carbonyl (C=O) groups is 1. The van der Waals surface area contributed by atoms with Crippen molar-refractivity contribution in [2.75, 3.05) is 25.1 Å². The molecule has 0 radical (unpaired) electrons. The Hall–Kier alpha value is -1.41. The molecular formula is C21H39N4O3S+. The molecule has 1 amide bonds. The lowest BCUT2D eigenvalue weighted by Crippen LogP contribution is -3.09. The van der Waals surface area contributed by atoms with Crippen LogP contribution in [0, 0.1) is 13.8 Å². The van der Waals surface area contributed by atoms with Crippen molar-refractivity contribution in [1.29, 1.82) is 0 Å². The van der Waals surface area contributed by atoms with Crippen molar-refractivity contribution in [3.63, 3.8) is 0 Å². The lowest BCUT2D eigenvalue weighted by Gasteiger charge is -2.34. The molecule has 2 rings (SSSR count). The second-order valence-electron chi connectivity index (χ2n) is 8.78. The molecule has 0 saturated carbocycles. The first-order valence-electron chi connectivity index (χ1n) is 10.9. The van der Waals surface area contributed by atoms with E-state index in [1.165, 1.54) is 0 Å². The van der Waals surface area contributed by atoms with E-state index in [0.717, 1.165) is 34.7 Å². The van der Waals surface area contributed by atoms with Gasteiger partial charge in [0, 0.05) is 17.8 Å². The highest BCUT2D eigenvalue weighted by Gasteiger charge is 2.32. The van der Waals surface area contributed by atoms with Crippen LogP contribution >= 0.6 is 0 Å². The van der Waals surface area contributed by atoms with Crippen molar-refractivity contribution < 1.29 is 18.1 Å². The fourth-order valence-electron chi connectivity index (χ4n) is 4.31. The van der Waals surface area contributed by atoms with Crippen LogP contribution in [-0.4, -0.2) is 66.2 Å². The Labute approximate surface area is 176 Å². The first-order valence-corrected chi connectivity index (χ1v) is 12.7. The summed E-state index contributed by atoms with van der Waals surface area (Å²) in [5.74, 6) is 0.608. The molecular weight excluding hydrogens is 388 g/mol. The summed E-state index contributed by atoms with van der Waals surface area (Å²) in [4.78, 5) is 16.2. The Morgan fingerprint density at radius 2 is 1.83 bits per heavy atom. The van der Waals surface area contributed by atoms with Crippen LogP contribution in [0.5, 0.6) is 0 Å². The average molecular weight is 428 g/mol. The Morgan fingerprint density at radius 3 is 2.31 bits per heavy atom. The van der Waals surface area contributed by atoms with Crippen molar-refractivity contribution >= 4 is 15.7 Å². The van der Waals surface area contributed by atoms with Gasteiger partial charge in [0.1, 0.15) is 6.54 Å². The van der Waals surface area contributed by atoms with Gasteiger partial charge in [0.15, 0.2) is 16.4 Å². The molecule has 1 saturated heterocycles. The number of aryl methyl sites for hydroxylation is 1. The highest BCUT2D eigenvalue weighted by atomic mass is 32.2. The predicted molar refractivity (Wildman–Crippen MR) is 116 cm³/mol. The summed E-state index contributed by atoms with van der Waals surface area (Å²) in [5.41, 5.74) is 3.08. The van der Waals surface area contributed by atoms with Crippen LogP contribution in [0.15, 0.2) is 0 Å². The topological polar surface area (TPSA) is 76.7 Å². The number of rotatable bonds is 9. The Bertz CT molecular complexity index is 808. The first kappa shape index (κ1) is 23.9. The molecule has 1 aromatic rings. The molecule has 1 unspecified atom stereocenters. The third-order valence-corrected chi connectivity index (χ3v) is 8.13. The Morgan fingerprint density at radius 1 is 1.24 bits per heavy atom. The van der Waals surface area contributed by atoms with Gasteiger partial charge in [-0.1, -0.05) is 13.8 Å². The molecule has 4 atom stereocenters. The van der Waals surface area contributed by atoms with Crippen LogP contribution in [-0.2, 0) is 21.2 Å². The van der Waals surface area contributed by atoms with E-state index in [9.17, 15) is 13.2 Å². The van der Waals surface area contributed by atoms with Crippen molar-refractivity contribution in [2.45, 2.75) is 85.5 Å². The van der Waals surface area contributed by atoms with E-state index in [1.807, 2.05) is 30.5 Å². The lowest BCUT2D eigenvalue weighted by atomic mass is 10.1. The molecule has 2 heterocycles. The van der Waals surface area contributed by atoms with Crippen LogP contribution in [0.25, 0.3) is 0 Å². The Kier molecular flexibility index (Phi) is 7.90. The monoisotopic (exact) mass is 427 g/mol. The van der Waals surface area contributed by atoms with Crippen LogP contribution in [0.3, 0.4) is 0 Å². The number of quaternary nitrogens is 1. The van der Waals surface area contributed by atoms with E-state index in [0.29, 0.717) is 19.5 Å². The maximum Gasteiger partial charge on any atom is 0.278 e. The van der Waals surface area contributed by atoms with Gasteiger partial charge in [-0.3, -0.25) is 9.48 Å². The number of likely N-dealkylation sites (N-methyl/N-ethyl adjacent to an activating group) is 1. The normalized spacial score (nSPS) is 21.7. The fraction of sp³-hybridized carbons (Fsp3) is 0.810. The van der Waals surface area contributed by atoms with Crippen molar-refractivity contribution in [1.82, 2.24) is 14.7 Å².